The van der Waals surface area contributed by atoms with E-state index >= 15 is 0 Å². The normalized spacial score (nSPS) is 27.5. The Hall–Kier alpha value is -0.610. The van der Waals surface area contributed by atoms with E-state index in [0.717, 1.165) is 25.4 Å². The van der Waals surface area contributed by atoms with E-state index in [0.29, 0.717) is 6.54 Å². The number of nitrogens with zero attached hydrogens (tertiary/aromatic N) is 1. The van der Waals surface area contributed by atoms with Crippen LogP contribution in [0.25, 0.3) is 0 Å². The van der Waals surface area contributed by atoms with Crippen molar-refractivity contribution < 1.29 is 4.79 Å². The van der Waals surface area contributed by atoms with Crippen molar-refractivity contribution in [2.75, 3.05) is 33.7 Å². The van der Waals surface area contributed by atoms with E-state index in [9.17, 15) is 4.79 Å². The van der Waals surface area contributed by atoms with Gasteiger partial charge in [-0.25, -0.2) is 0 Å². The minimum Gasteiger partial charge on any atom is -0.355 e. The van der Waals surface area contributed by atoms with Gasteiger partial charge in [-0.3, -0.25) is 4.79 Å². The fraction of sp³-hybridized carbons (Fsp3) is 0.933. The van der Waals surface area contributed by atoms with Gasteiger partial charge >= 0.3 is 0 Å². The number of likely N-dealkylation sites (N-methyl/N-ethyl adjacent to an activating group) is 1. The lowest BCUT2D eigenvalue weighted by molar-refractivity contribution is -0.120. The summed E-state index contributed by atoms with van der Waals surface area (Å²) in [6.07, 6.45) is 6.08. The molecule has 0 aromatic carbocycles. The standard InChI is InChI=1S/C15H31N3O/c1-5-9-17-14(19)11-16-12-15(18(3)4)8-6-7-13(2)10-15/h13,16H,5-12H2,1-4H3,(H,17,19). The average molecular weight is 269 g/mol. The van der Waals surface area contributed by atoms with Gasteiger partial charge in [0.15, 0.2) is 0 Å². The fourth-order valence-corrected chi connectivity index (χ4v) is 3.09. The lowest BCUT2D eigenvalue weighted by Gasteiger charge is -2.45. The van der Waals surface area contributed by atoms with E-state index in [4.69, 9.17) is 0 Å². The van der Waals surface area contributed by atoms with Gasteiger partial charge in [0.2, 0.25) is 5.91 Å². The number of hydrogen-bond donors (Lipinski definition) is 2. The molecule has 0 radical (unpaired) electrons. The van der Waals surface area contributed by atoms with Crippen LogP contribution in [0.4, 0.5) is 0 Å². The maximum absolute atomic E-state index is 11.6. The second-order valence-electron chi connectivity index (χ2n) is 6.27. The van der Waals surface area contributed by atoms with E-state index < -0.39 is 0 Å². The van der Waals surface area contributed by atoms with Crippen LogP contribution in [0.15, 0.2) is 0 Å². The molecule has 4 heteroatoms. The second kappa shape index (κ2) is 7.85. The zero-order valence-electron chi connectivity index (χ0n) is 13.1. The lowest BCUT2D eigenvalue weighted by Crippen LogP contribution is -2.55. The number of carbonyl (C=O) groups excluding carboxylic acids is 1. The molecular weight excluding hydrogens is 238 g/mol. The van der Waals surface area contributed by atoms with Crippen LogP contribution in [0, 0.1) is 5.92 Å². The van der Waals surface area contributed by atoms with Crippen molar-refractivity contribution in [2.24, 2.45) is 5.92 Å². The van der Waals surface area contributed by atoms with Gasteiger partial charge in [0.25, 0.3) is 0 Å². The molecule has 1 aliphatic carbocycles. The van der Waals surface area contributed by atoms with Crippen LogP contribution in [0.3, 0.4) is 0 Å². The Bertz CT molecular complexity index is 281. The van der Waals surface area contributed by atoms with Crippen molar-refractivity contribution >= 4 is 5.91 Å². The molecule has 0 aromatic rings. The molecule has 2 N–H and O–H groups in total. The topological polar surface area (TPSA) is 44.4 Å². The van der Waals surface area contributed by atoms with E-state index in [-0.39, 0.29) is 11.4 Å². The molecule has 2 atom stereocenters. The summed E-state index contributed by atoms with van der Waals surface area (Å²) in [5, 5.41) is 6.26. The number of amides is 1. The van der Waals surface area contributed by atoms with Crippen LogP contribution in [-0.4, -0.2) is 50.1 Å². The molecule has 1 saturated carbocycles. The van der Waals surface area contributed by atoms with Crippen molar-refractivity contribution in [3.8, 4) is 0 Å². The van der Waals surface area contributed by atoms with Crippen LogP contribution in [0.2, 0.25) is 0 Å². The summed E-state index contributed by atoms with van der Waals surface area (Å²) < 4.78 is 0. The highest BCUT2D eigenvalue weighted by atomic mass is 16.1. The van der Waals surface area contributed by atoms with E-state index in [2.05, 4.69) is 43.5 Å². The summed E-state index contributed by atoms with van der Waals surface area (Å²) in [6, 6.07) is 0. The first-order valence-electron chi connectivity index (χ1n) is 7.65. The van der Waals surface area contributed by atoms with Gasteiger partial charge in [0.05, 0.1) is 6.54 Å². The third-order valence-corrected chi connectivity index (χ3v) is 4.33. The fourth-order valence-electron chi connectivity index (χ4n) is 3.09. The second-order valence-corrected chi connectivity index (χ2v) is 6.27. The number of rotatable bonds is 7. The molecule has 0 bridgehead atoms. The average Bonchev–Trinajstić information content (AvgIpc) is 2.36. The summed E-state index contributed by atoms with van der Waals surface area (Å²) in [5.74, 6) is 0.895. The van der Waals surface area contributed by atoms with Gasteiger partial charge in [-0.2, -0.15) is 0 Å². The zero-order chi connectivity index (χ0) is 14.3. The van der Waals surface area contributed by atoms with Crippen LogP contribution in [0.5, 0.6) is 0 Å². The van der Waals surface area contributed by atoms with Crippen molar-refractivity contribution in [1.29, 1.82) is 0 Å². The molecule has 1 aliphatic rings. The van der Waals surface area contributed by atoms with Crippen molar-refractivity contribution in [2.45, 2.75) is 51.5 Å². The molecule has 1 amide bonds. The van der Waals surface area contributed by atoms with Crippen LogP contribution in [0.1, 0.15) is 46.0 Å². The summed E-state index contributed by atoms with van der Waals surface area (Å²) >= 11 is 0. The molecule has 0 aromatic heterocycles. The zero-order valence-corrected chi connectivity index (χ0v) is 13.1. The van der Waals surface area contributed by atoms with Gasteiger partial charge in [-0.1, -0.05) is 26.7 Å². The molecule has 0 aliphatic heterocycles. The number of nitrogens with one attached hydrogen (secondary N) is 2. The Morgan fingerprint density at radius 1 is 1.42 bits per heavy atom. The third kappa shape index (κ3) is 5.11. The van der Waals surface area contributed by atoms with Crippen LogP contribution in [-0.2, 0) is 4.79 Å². The van der Waals surface area contributed by atoms with E-state index in [1.54, 1.807) is 0 Å². The molecule has 0 saturated heterocycles. The predicted octanol–water partition coefficient (Wildman–Crippen LogP) is 1.61. The first-order valence-corrected chi connectivity index (χ1v) is 7.65. The monoisotopic (exact) mass is 269 g/mol. The molecule has 2 unspecified atom stereocenters. The smallest absolute Gasteiger partial charge is 0.233 e. The van der Waals surface area contributed by atoms with E-state index in [1.807, 2.05) is 0 Å². The third-order valence-electron chi connectivity index (χ3n) is 4.33. The van der Waals surface area contributed by atoms with Crippen LogP contribution >= 0.6 is 0 Å². The van der Waals surface area contributed by atoms with Gasteiger partial charge in [0.1, 0.15) is 0 Å². The molecule has 0 heterocycles. The molecule has 0 spiro atoms. The highest BCUT2D eigenvalue weighted by Gasteiger charge is 2.36. The summed E-state index contributed by atoms with van der Waals surface area (Å²) in [6.45, 7) is 6.52. The van der Waals surface area contributed by atoms with Gasteiger partial charge in [0, 0.05) is 18.6 Å². The first-order chi connectivity index (χ1) is 9.00. The first kappa shape index (κ1) is 16.4. The molecule has 1 fully saturated rings. The lowest BCUT2D eigenvalue weighted by atomic mass is 9.75. The predicted molar refractivity (Wildman–Crippen MR) is 80.2 cm³/mol. The Kier molecular flexibility index (Phi) is 6.80. The molecular formula is C15H31N3O. The van der Waals surface area contributed by atoms with Crippen molar-refractivity contribution in [3.63, 3.8) is 0 Å². The Balaban J connectivity index is 2.40. The van der Waals surface area contributed by atoms with Crippen LogP contribution < -0.4 is 10.6 Å². The number of carbonyl (C=O) groups is 1. The Morgan fingerprint density at radius 2 is 2.16 bits per heavy atom. The maximum atomic E-state index is 11.6. The minimum atomic E-state index is 0.111. The Labute approximate surface area is 118 Å². The summed E-state index contributed by atoms with van der Waals surface area (Å²) in [4.78, 5) is 13.9. The molecule has 112 valence electrons. The molecule has 1 rings (SSSR count). The highest BCUT2D eigenvalue weighted by Crippen LogP contribution is 2.35. The SMILES string of the molecule is CCCNC(=O)CNCC1(N(C)C)CCCC(C)C1. The van der Waals surface area contributed by atoms with Crippen molar-refractivity contribution in [1.82, 2.24) is 15.5 Å². The van der Waals surface area contributed by atoms with E-state index in [1.165, 1.54) is 25.7 Å². The largest absolute Gasteiger partial charge is 0.355 e. The van der Waals surface area contributed by atoms with Gasteiger partial charge in [-0.05, 0) is 39.3 Å². The minimum absolute atomic E-state index is 0.111. The van der Waals surface area contributed by atoms with Gasteiger partial charge in [-0.15, -0.1) is 0 Å². The van der Waals surface area contributed by atoms with Gasteiger partial charge < -0.3 is 15.5 Å². The number of hydrogen-bond acceptors (Lipinski definition) is 3. The summed E-state index contributed by atoms with van der Waals surface area (Å²) in [7, 11) is 4.33. The van der Waals surface area contributed by atoms with Crippen molar-refractivity contribution in [3.05, 3.63) is 0 Å². The quantitative estimate of drug-likeness (QED) is 0.738. The Morgan fingerprint density at radius 3 is 2.74 bits per heavy atom. The highest BCUT2D eigenvalue weighted by molar-refractivity contribution is 5.77. The molecule has 19 heavy (non-hydrogen) atoms. The molecule has 4 nitrogen and oxygen atoms in total. The summed E-state index contributed by atoms with van der Waals surface area (Å²) in [5.41, 5.74) is 0.225. The maximum Gasteiger partial charge on any atom is 0.233 e.